The van der Waals surface area contributed by atoms with Crippen molar-refractivity contribution < 1.29 is 26.8 Å². The SMILES string of the molecule is CCc1cc2c(C(=O)NC)c(-c3ccc(F)cc3)oc2nc1NS(=O)(=O)CCC1CCOCC1. The first-order valence-corrected chi connectivity index (χ1v) is 13.0. The number of amides is 1. The molecule has 0 unspecified atom stereocenters. The monoisotopic (exact) mass is 489 g/mol. The van der Waals surface area contributed by atoms with Crippen LogP contribution < -0.4 is 10.0 Å². The first-order valence-electron chi connectivity index (χ1n) is 11.3. The smallest absolute Gasteiger partial charge is 0.255 e. The Morgan fingerprint density at radius 1 is 1.21 bits per heavy atom. The number of sulfonamides is 1. The zero-order chi connectivity index (χ0) is 24.3. The zero-order valence-corrected chi connectivity index (χ0v) is 20.0. The van der Waals surface area contributed by atoms with Gasteiger partial charge >= 0.3 is 0 Å². The van der Waals surface area contributed by atoms with Crippen LogP contribution in [0.1, 0.15) is 42.1 Å². The van der Waals surface area contributed by atoms with Crippen molar-refractivity contribution in [3.63, 3.8) is 0 Å². The fourth-order valence-electron chi connectivity index (χ4n) is 4.13. The second-order valence-electron chi connectivity index (χ2n) is 8.36. The number of halogens is 1. The Bertz CT molecular complexity index is 1280. The summed E-state index contributed by atoms with van der Waals surface area (Å²) in [7, 11) is -2.13. The number of hydrogen-bond acceptors (Lipinski definition) is 6. The summed E-state index contributed by atoms with van der Waals surface area (Å²) in [5, 5.41) is 3.06. The summed E-state index contributed by atoms with van der Waals surface area (Å²) in [5.41, 5.74) is 1.53. The number of furan rings is 1. The van der Waals surface area contributed by atoms with Crippen molar-refractivity contribution in [2.24, 2.45) is 5.92 Å². The van der Waals surface area contributed by atoms with Crippen molar-refractivity contribution in [3.8, 4) is 11.3 Å². The molecule has 0 aliphatic carbocycles. The first-order chi connectivity index (χ1) is 16.3. The maximum Gasteiger partial charge on any atom is 0.255 e. The van der Waals surface area contributed by atoms with Gasteiger partial charge in [0.2, 0.25) is 15.7 Å². The Balaban J connectivity index is 1.69. The van der Waals surface area contributed by atoms with Crippen molar-refractivity contribution in [3.05, 3.63) is 47.3 Å². The number of carbonyl (C=O) groups is 1. The molecule has 0 saturated carbocycles. The summed E-state index contributed by atoms with van der Waals surface area (Å²) >= 11 is 0. The highest BCUT2D eigenvalue weighted by Gasteiger charge is 2.25. The molecule has 0 atom stereocenters. The third-order valence-corrected chi connectivity index (χ3v) is 7.37. The highest BCUT2D eigenvalue weighted by Crippen LogP contribution is 2.35. The van der Waals surface area contributed by atoms with E-state index >= 15 is 0 Å². The van der Waals surface area contributed by atoms with Gasteiger partial charge in [-0.05, 0) is 67.5 Å². The molecule has 1 aliphatic rings. The number of ether oxygens (including phenoxy) is 1. The van der Waals surface area contributed by atoms with E-state index in [1.807, 2.05) is 6.92 Å². The first kappa shape index (κ1) is 24.2. The van der Waals surface area contributed by atoms with Gasteiger partial charge in [-0.15, -0.1) is 0 Å². The van der Waals surface area contributed by atoms with E-state index in [9.17, 15) is 17.6 Å². The molecule has 1 saturated heterocycles. The third kappa shape index (κ3) is 5.23. The van der Waals surface area contributed by atoms with Gasteiger partial charge in [0.15, 0.2) is 0 Å². The van der Waals surface area contributed by atoms with Crippen LogP contribution in [0.15, 0.2) is 34.7 Å². The minimum atomic E-state index is -3.63. The van der Waals surface area contributed by atoms with Gasteiger partial charge in [-0.1, -0.05) is 6.92 Å². The molecule has 1 amide bonds. The molecule has 2 N–H and O–H groups in total. The normalized spacial score (nSPS) is 14.9. The second-order valence-corrected chi connectivity index (χ2v) is 10.2. The van der Waals surface area contributed by atoms with Gasteiger partial charge in [-0.2, -0.15) is 4.98 Å². The molecule has 34 heavy (non-hydrogen) atoms. The molecular weight excluding hydrogens is 461 g/mol. The van der Waals surface area contributed by atoms with Crippen molar-refractivity contribution in [1.82, 2.24) is 10.3 Å². The fourth-order valence-corrected chi connectivity index (χ4v) is 5.35. The fraction of sp³-hybridized carbons (Fsp3) is 0.417. The molecular formula is C24H28FN3O5S. The molecule has 182 valence electrons. The maximum absolute atomic E-state index is 13.4. The maximum atomic E-state index is 13.4. The molecule has 10 heteroatoms. The standard InChI is InChI=1S/C24H28FN3O5S/c1-3-16-14-19-20(23(29)26-2)21(17-4-6-18(25)7-5-17)33-24(19)27-22(16)28-34(30,31)13-10-15-8-11-32-12-9-15/h4-7,14-15H,3,8-13H2,1-2H3,(H,26,29)(H,27,28). The lowest BCUT2D eigenvalue weighted by Crippen LogP contribution is -2.23. The van der Waals surface area contributed by atoms with Crippen molar-refractivity contribution in [2.75, 3.05) is 30.7 Å². The Hall–Kier alpha value is -2.98. The number of benzene rings is 1. The zero-order valence-electron chi connectivity index (χ0n) is 19.2. The Morgan fingerprint density at radius 2 is 1.91 bits per heavy atom. The van der Waals surface area contributed by atoms with Crippen LogP contribution in [-0.4, -0.2) is 45.3 Å². The van der Waals surface area contributed by atoms with Gasteiger partial charge in [0.05, 0.1) is 16.7 Å². The van der Waals surface area contributed by atoms with Gasteiger partial charge in [0, 0.05) is 25.8 Å². The Labute approximate surface area is 197 Å². The number of anilines is 1. The number of nitrogens with one attached hydrogen (secondary N) is 2. The molecule has 2 aromatic heterocycles. The summed E-state index contributed by atoms with van der Waals surface area (Å²) in [6.07, 6.45) is 2.77. The molecule has 3 heterocycles. The highest BCUT2D eigenvalue weighted by molar-refractivity contribution is 7.92. The molecule has 0 radical (unpaired) electrons. The molecule has 0 bridgehead atoms. The summed E-state index contributed by atoms with van der Waals surface area (Å²) in [5.74, 6) is -0.0572. The molecule has 1 aromatic carbocycles. The predicted octanol–water partition coefficient (Wildman–Crippen LogP) is 4.11. The summed E-state index contributed by atoms with van der Waals surface area (Å²) in [6.45, 7) is 3.21. The minimum absolute atomic E-state index is 0.0109. The average molecular weight is 490 g/mol. The number of aromatic nitrogens is 1. The van der Waals surface area contributed by atoms with Crippen LogP contribution in [-0.2, 0) is 21.2 Å². The number of carbonyl (C=O) groups excluding carboxylic acids is 1. The quantitative estimate of drug-likeness (QED) is 0.493. The van der Waals surface area contributed by atoms with Gasteiger partial charge in [0.1, 0.15) is 17.4 Å². The van der Waals surface area contributed by atoms with Crippen molar-refractivity contribution in [2.45, 2.75) is 32.6 Å². The van der Waals surface area contributed by atoms with Crippen LogP contribution in [0.5, 0.6) is 0 Å². The van der Waals surface area contributed by atoms with E-state index in [1.54, 1.807) is 6.07 Å². The second kappa shape index (κ2) is 10.1. The topological polar surface area (TPSA) is 111 Å². The van der Waals surface area contributed by atoms with E-state index < -0.39 is 15.8 Å². The van der Waals surface area contributed by atoms with Crippen molar-refractivity contribution in [1.29, 1.82) is 0 Å². The molecule has 8 nitrogen and oxygen atoms in total. The lowest BCUT2D eigenvalue weighted by Gasteiger charge is -2.21. The van der Waals surface area contributed by atoms with Crippen LogP contribution in [0.2, 0.25) is 0 Å². The van der Waals surface area contributed by atoms with E-state index in [2.05, 4.69) is 15.0 Å². The number of hydrogen-bond donors (Lipinski definition) is 2. The number of rotatable bonds is 8. The molecule has 0 spiro atoms. The largest absolute Gasteiger partial charge is 0.437 e. The van der Waals surface area contributed by atoms with E-state index in [0.717, 1.165) is 12.8 Å². The number of aryl methyl sites for hydroxylation is 1. The van der Waals surface area contributed by atoms with Gasteiger partial charge < -0.3 is 14.5 Å². The number of fused-ring (bicyclic) bond motifs is 1. The number of nitrogens with zero attached hydrogens (tertiary/aromatic N) is 1. The predicted molar refractivity (Wildman–Crippen MR) is 128 cm³/mol. The van der Waals surface area contributed by atoms with Gasteiger partial charge in [-0.25, -0.2) is 12.8 Å². The lowest BCUT2D eigenvalue weighted by atomic mass is 9.98. The van der Waals surface area contributed by atoms with E-state index in [1.165, 1.54) is 31.3 Å². The van der Waals surface area contributed by atoms with Crippen molar-refractivity contribution >= 4 is 32.8 Å². The summed E-state index contributed by atoms with van der Waals surface area (Å²) in [4.78, 5) is 17.1. The molecule has 1 aliphatic heterocycles. The van der Waals surface area contributed by atoms with Crippen LogP contribution >= 0.6 is 0 Å². The third-order valence-electron chi connectivity index (χ3n) is 6.09. The lowest BCUT2D eigenvalue weighted by molar-refractivity contribution is 0.0656. The molecule has 4 rings (SSSR count). The van der Waals surface area contributed by atoms with E-state index in [-0.39, 0.29) is 34.5 Å². The Kier molecular flexibility index (Phi) is 7.18. The van der Waals surface area contributed by atoms with Crippen LogP contribution in [0.3, 0.4) is 0 Å². The summed E-state index contributed by atoms with van der Waals surface area (Å²) in [6, 6.07) is 7.30. The highest BCUT2D eigenvalue weighted by atomic mass is 32.2. The van der Waals surface area contributed by atoms with Gasteiger partial charge in [-0.3, -0.25) is 9.52 Å². The molecule has 3 aromatic rings. The van der Waals surface area contributed by atoms with E-state index in [0.29, 0.717) is 48.5 Å². The van der Waals surface area contributed by atoms with E-state index in [4.69, 9.17) is 9.15 Å². The van der Waals surface area contributed by atoms with Crippen LogP contribution in [0, 0.1) is 11.7 Å². The molecule has 1 fully saturated rings. The summed E-state index contributed by atoms with van der Waals surface area (Å²) < 4.78 is 52.9. The minimum Gasteiger partial charge on any atom is -0.437 e. The number of pyridine rings is 1. The average Bonchev–Trinajstić information content (AvgIpc) is 3.21. The van der Waals surface area contributed by atoms with Crippen LogP contribution in [0.4, 0.5) is 10.2 Å². The Morgan fingerprint density at radius 3 is 2.56 bits per heavy atom. The van der Waals surface area contributed by atoms with Gasteiger partial charge in [0.25, 0.3) is 5.91 Å². The van der Waals surface area contributed by atoms with Crippen LogP contribution in [0.25, 0.3) is 22.4 Å².